The molecule has 1 heterocycles. The number of carbonyl (C=O) groups is 1. The van der Waals surface area contributed by atoms with Gasteiger partial charge in [0.2, 0.25) is 5.88 Å². The molecule has 0 N–H and O–H groups in total. The van der Waals surface area contributed by atoms with Crippen molar-refractivity contribution in [1.82, 2.24) is 4.98 Å². The SMILES string of the molecule is COC(=O)[C@@H](C)[C@H](c1cccc(OC[C@@H]2C[C@H]2c2cc(OC)ncc2F)c1)C1CC1. The van der Waals surface area contributed by atoms with E-state index in [0.717, 1.165) is 30.6 Å². The van der Waals surface area contributed by atoms with Crippen LogP contribution in [0.4, 0.5) is 4.39 Å². The molecule has 1 aromatic heterocycles. The second-order valence-electron chi connectivity index (χ2n) is 8.41. The molecule has 160 valence electrons. The van der Waals surface area contributed by atoms with Gasteiger partial charge in [0.15, 0.2) is 0 Å². The third-order valence-corrected chi connectivity index (χ3v) is 6.34. The maximum absolute atomic E-state index is 14.1. The van der Waals surface area contributed by atoms with Crippen LogP contribution < -0.4 is 9.47 Å². The van der Waals surface area contributed by atoms with Gasteiger partial charge in [0, 0.05) is 12.0 Å². The van der Waals surface area contributed by atoms with Crippen LogP contribution in [0.1, 0.15) is 49.1 Å². The number of aromatic nitrogens is 1. The number of carbonyl (C=O) groups excluding carboxylic acids is 1. The quantitative estimate of drug-likeness (QED) is 0.557. The molecule has 5 nitrogen and oxygen atoms in total. The molecule has 4 rings (SSSR count). The van der Waals surface area contributed by atoms with Gasteiger partial charge in [0.05, 0.1) is 32.9 Å². The van der Waals surface area contributed by atoms with Crippen molar-refractivity contribution in [3.8, 4) is 11.6 Å². The van der Waals surface area contributed by atoms with E-state index in [4.69, 9.17) is 14.2 Å². The minimum atomic E-state index is -0.297. The molecule has 2 saturated carbocycles. The zero-order valence-electron chi connectivity index (χ0n) is 17.6. The third kappa shape index (κ3) is 4.42. The zero-order valence-corrected chi connectivity index (χ0v) is 17.6. The Kier molecular flexibility index (Phi) is 5.93. The van der Waals surface area contributed by atoms with Gasteiger partial charge in [-0.3, -0.25) is 4.79 Å². The van der Waals surface area contributed by atoms with Gasteiger partial charge in [0.25, 0.3) is 0 Å². The molecule has 0 aliphatic heterocycles. The number of hydrogen-bond acceptors (Lipinski definition) is 5. The van der Waals surface area contributed by atoms with Gasteiger partial charge < -0.3 is 14.2 Å². The summed E-state index contributed by atoms with van der Waals surface area (Å²) in [6, 6.07) is 9.68. The number of hydrogen-bond donors (Lipinski definition) is 0. The normalized spacial score (nSPS) is 22.1. The summed E-state index contributed by atoms with van der Waals surface area (Å²) in [5, 5.41) is 0. The van der Waals surface area contributed by atoms with E-state index in [0.29, 0.717) is 24.0 Å². The lowest BCUT2D eigenvalue weighted by molar-refractivity contribution is -0.145. The Morgan fingerprint density at radius 2 is 2.07 bits per heavy atom. The van der Waals surface area contributed by atoms with E-state index in [1.165, 1.54) is 20.4 Å². The molecule has 2 aliphatic carbocycles. The van der Waals surface area contributed by atoms with Gasteiger partial charge in [-0.05, 0) is 60.3 Å². The fourth-order valence-electron chi connectivity index (χ4n) is 4.41. The Morgan fingerprint density at radius 3 is 2.77 bits per heavy atom. The molecule has 2 aromatic rings. The second kappa shape index (κ2) is 8.62. The highest BCUT2D eigenvalue weighted by Gasteiger charge is 2.41. The molecule has 0 unspecified atom stereocenters. The van der Waals surface area contributed by atoms with E-state index in [1.54, 1.807) is 6.07 Å². The first kappa shape index (κ1) is 20.6. The Bertz CT molecular complexity index is 914. The number of esters is 1. The molecule has 6 heteroatoms. The highest BCUT2D eigenvalue weighted by Crippen LogP contribution is 2.49. The summed E-state index contributed by atoms with van der Waals surface area (Å²) in [7, 11) is 2.97. The maximum Gasteiger partial charge on any atom is 0.309 e. The van der Waals surface area contributed by atoms with Crippen LogP contribution >= 0.6 is 0 Å². The molecule has 30 heavy (non-hydrogen) atoms. The van der Waals surface area contributed by atoms with Crippen LogP contribution in [-0.4, -0.2) is 31.8 Å². The fraction of sp³-hybridized carbons (Fsp3) is 0.500. The van der Waals surface area contributed by atoms with Crippen molar-refractivity contribution >= 4 is 5.97 Å². The number of rotatable bonds is 9. The van der Waals surface area contributed by atoms with Gasteiger partial charge in [-0.2, -0.15) is 0 Å². The molecule has 0 radical (unpaired) electrons. The van der Waals surface area contributed by atoms with E-state index >= 15 is 0 Å². The van der Waals surface area contributed by atoms with Crippen molar-refractivity contribution in [2.75, 3.05) is 20.8 Å². The first-order chi connectivity index (χ1) is 14.5. The van der Waals surface area contributed by atoms with Gasteiger partial charge >= 0.3 is 5.97 Å². The topological polar surface area (TPSA) is 57.7 Å². The lowest BCUT2D eigenvalue weighted by Crippen LogP contribution is -2.22. The van der Waals surface area contributed by atoms with E-state index in [-0.39, 0.29) is 35.5 Å². The maximum atomic E-state index is 14.1. The molecule has 2 aliphatic rings. The summed E-state index contributed by atoms with van der Waals surface area (Å²) in [6.07, 6.45) is 4.38. The summed E-state index contributed by atoms with van der Waals surface area (Å²) in [4.78, 5) is 16.0. The molecular formula is C24H28FNO4. The molecule has 0 spiro atoms. The van der Waals surface area contributed by atoms with Crippen molar-refractivity contribution in [2.24, 2.45) is 17.8 Å². The summed E-state index contributed by atoms with van der Waals surface area (Å²) < 4.78 is 30.3. The van der Waals surface area contributed by atoms with Crippen molar-refractivity contribution in [1.29, 1.82) is 0 Å². The predicted molar refractivity (Wildman–Crippen MR) is 110 cm³/mol. The van der Waals surface area contributed by atoms with Gasteiger partial charge in [-0.1, -0.05) is 19.1 Å². The summed E-state index contributed by atoms with van der Waals surface area (Å²) in [6.45, 7) is 2.47. The monoisotopic (exact) mass is 413 g/mol. The largest absolute Gasteiger partial charge is 0.493 e. The minimum absolute atomic E-state index is 0.128. The number of ether oxygens (including phenoxy) is 3. The van der Waals surface area contributed by atoms with E-state index in [1.807, 2.05) is 25.1 Å². The molecule has 1 aromatic carbocycles. The van der Waals surface area contributed by atoms with E-state index in [9.17, 15) is 9.18 Å². The van der Waals surface area contributed by atoms with Crippen LogP contribution in [0.25, 0.3) is 0 Å². The summed E-state index contributed by atoms with van der Waals surface area (Å²) in [5.74, 6) is 1.62. The highest BCUT2D eigenvalue weighted by molar-refractivity contribution is 5.73. The predicted octanol–water partition coefficient (Wildman–Crippen LogP) is 4.71. The Hall–Kier alpha value is -2.63. The van der Waals surface area contributed by atoms with Crippen LogP contribution in [0.3, 0.4) is 0 Å². The van der Waals surface area contributed by atoms with E-state index in [2.05, 4.69) is 11.1 Å². The van der Waals surface area contributed by atoms with Crippen molar-refractivity contribution in [2.45, 2.75) is 38.0 Å². The molecule has 0 bridgehead atoms. The van der Waals surface area contributed by atoms with Crippen LogP contribution in [0.2, 0.25) is 0 Å². The Balaban J connectivity index is 1.40. The van der Waals surface area contributed by atoms with Gasteiger partial charge in [-0.25, -0.2) is 9.37 Å². The number of halogens is 1. The van der Waals surface area contributed by atoms with Crippen molar-refractivity contribution in [3.05, 3.63) is 53.5 Å². The van der Waals surface area contributed by atoms with Crippen molar-refractivity contribution in [3.63, 3.8) is 0 Å². The van der Waals surface area contributed by atoms with Gasteiger partial charge in [-0.15, -0.1) is 0 Å². The second-order valence-corrected chi connectivity index (χ2v) is 8.41. The Labute approximate surface area is 176 Å². The van der Waals surface area contributed by atoms with E-state index < -0.39 is 0 Å². The highest BCUT2D eigenvalue weighted by atomic mass is 19.1. The van der Waals surface area contributed by atoms with Crippen LogP contribution in [-0.2, 0) is 9.53 Å². The summed E-state index contributed by atoms with van der Waals surface area (Å²) in [5.41, 5.74) is 1.76. The molecule has 0 amide bonds. The molecule has 4 atom stereocenters. The number of pyridine rings is 1. The molecule has 2 fully saturated rings. The average molecular weight is 413 g/mol. The lowest BCUT2D eigenvalue weighted by atomic mass is 9.83. The Morgan fingerprint density at radius 1 is 1.27 bits per heavy atom. The number of methoxy groups -OCH3 is 2. The number of nitrogens with zero attached hydrogens (tertiary/aromatic N) is 1. The first-order valence-corrected chi connectivity index (χ1v) is 10.5. The molecule has 0 saturated heterocycles. The van der Waals surface area contributed by atoms with Crippen LogP contribution in [0.5, 0.6) is 11.6 Å². The minimum Gasteiger partial charge on any atom is -0.493 e. The third-order valence-electron chi connectivity index (χ3n) is 6.34. The molecular weight excluding hydrogens is 385 g/mol. The van der Waals surface area contributed by atoms with Gasteiger partial charge in [0.1, 0.15) is 11.6 Å². The van der Waals surface area contributed by atoms with Crippen LogP contribution in [0.15, 0.2) is 36.5 Å². The zero-order chi connectivity index (χ0) is 21.3. The van der Waals surface area contributed by atoms with Crippen LogP contribution in [0, 0.1) is 23.6 Å². The number of benzene rings is 1. The first-order valence-electron chi connectivity index (χ1n) is 10.5. The lowest BCUT2D eigenvalue weighted by Gasteiger charge is -2.23. The average Bonchev–Trinajstić information content (AvgIpc) is 3.68. The standard InChI is InChI=1S/C24H28FNO4/c1-14(24(27)29-3)23(15-7-8-15)16-5-4-6-18(9-16)30-13-17-10-19(17)20-11-22(28-2)26-12-21(20)25/h4-6,9,11-12,14-15,17,19,23H,7-8,10,13H2,1-3H3/t14-,17-,19+,23-/m0/s1. The smallest absolute Gasteiger partial charge is 0.309 e. The fourth-order valence-corrected chi connectivity index (χ4v) is 4.41. The van der Waals surface area contributed by atoms with Crippen molar-refractivity contribution < 1.29 is 23.4 Å². The summed E-state index contributed by atoms with van der Waals surface area (Å²) >= 11 is 0.